The van der Waals surface area contributed by atoms with Gasteiger partial charge < -0.3 is 4.74 Å². The molecule has 0 saturated heterocycles. The third-order valence-electron chi connectivity index (χ3n) is 12.7. The molecule has 0 aliphatic carbocycles. The molecule has 10 aromatic rings. The zero-order chi connectivity index (χ0) is 45.5. The van der Waals surface area contributed by atoms with Gasteiger partial charge in [0, 0.05) is 22.9 Å². The fourth-order valence-electron chi connectivity index (χ4n) is 9.49. The van der Waals surface area contributed by atoms with Gasteiger partial charge in [0.1, 0.15) is 11.6 Å². The van der Waals surface area contributed by atoms with Gasteiger partial charge in [-0.1, -0.05) is 160 Å². The van der Waals surface area contributed by atoms with Gasteiger partial charge in [-0.3, -0.25) is 9.55 Å². The van der Waals surface area contributed by atoms with E-state index in [0.29, 0.717) is 0 Å². The summed E-state index contributed by atoms with van der Waals surface area (Å²) in [4.78, 5) is 10.7. The molecule has 66 heavy (non-hydrogen) atoms. The second kappa shape index (κ2) is 17.3. The highest BCUT2D eigenvalue weighted by Gasteiger charge is 2.27. The average molecular weight is 856 g/mol. The number of aromatic nitrogens is 3. The molecule has 0 fully saturated rings. The number of hydrogen-bond acceptors (Lipinski definition) is 3. The van der Waals surface area contributed by atoms with Gasteiger partial charge in [-0.05, 0) is 142 Å². The van der Waals surface area contributed by atoms with Crippen molar-refractivity contribution in [2.45, 2.75) is 47.0 Å². The van der Waals surface area contributed by atoms with Crippen LogP contribution in [0, 0.1) is 20.8 Å². The molecule has 4 nitrogen and oxygen atoms in total. The first-order chi connectivity index (χ1) is 32.0. The second-order valence-electron chi connectivity index (χ2n) is 18.5. The summed E-state index contributed by atoms with van der Waals surface area (Å²) in [6.45, 7) is 13.3. The highest BCUT2D eigenvalue weighted by molar-refractivity contribution is 5.99. The van der Waals surface area contributed by atoms with E-state index in [1.807, 2.05) is 6.20 Å². The smallest absolute Gasteiger partial charge is 0.149 e. The molecular formula is C62H53N3O. The average Bonchev–Trinajstić information content (AvgIpc) is 3.74. The van der Waals surface area contributed by atoms with E-state index >= 15 is 0 Å². The van der Waals surface area contributed by atoms with Crippen LogP contribution >= 0.6 is 0 Å². The summed E-state index contributed by atoms with van der Waals surface area (Å²) in [6, 6.07) is 67.8. The van der Waals surface area contributed by atoms with Crippen molar-refractivity contribution in [2.75, 3.05) is 7.11 Å². The number of hydrogen-bond donors (Lipinski definition) is 0. The van der Waals surface area contributed by atoms with Gasteiger partial charge in [0.15, 0.2) is 0 Å². The lowest BCUT2D eigenvalue weighted by molar-refractivity contribution is 0.413. The Morgan fingerprint density at radius 1 is 0.455 bits per heavy atom. The van der Waals surface area contributed by atoms with Crippen LogP contribution in [0.1, 0.15) is 43.0 Å². The van der Waals surface area contributed by atoms with Crippen molar-refractivity contribution < 1.29 is 4.74 Å². The normalized spacial score (nSPS) is 11.6. The summed E-state index contributed by atoms with van der Waals surface area (Å²) in [5.74, 6) is 1.62. The molecule has 0 aliphatic rings. The molecule has 0 aliphatic heterocycles. The van der Waals surface area contributed by atoms with Crippen LogP contribution in [0.3, 0.4) is 0 Å². The lowest BCUT2D eigenvalue weighted by atomic mass is 9.79. The summed E-state index contributed by atoms with van der Waals surface area (Å²) >= 11 is 0. The number of aryl methyl sites for hydroxylation is 3. The molecule has 0 atom stereocenters. The number of imidazole rings is 1. The van der Waals surface area contributed by atoms with Crippen LogP contribution < -0.4 is 4.74 Å². The molecule has 8 aromatic carbocycles. The highest BCUT2D eigenvalue weighted by Crippen LogP contribution is 2.46. The Labute approximate surface area is 388 Å². The van der Waals surface area contributed by atoms with E-state index in [0.717, 1.165) is 101 Å². The van der Waals surface area contributed by atoms with E-state index in [-0.39, 0.29) is 5.41 Å². The summed E-state index contributed by atoms with van der Waals surface area (Å²) < 4.78 is 8.66. The molecule has 2 aromatic heterocycles. The van der Waals surface area contributed by atoms with E-state index < -0.39 is 0 Å². The van der Waals surface area contributed by atoms with Gasteiger partial charge in [-0.2, -0.15) is 0 Å². The van der Waals surface area contributed by atoms with Crippen LogP contribution in [-0.2, 0) is 5.41 Å². The largest absolute Gasteiger partial charge is 0.496 e. The standard InChI is InChI=1S/C62H53N3O/c1-40-26-28-44(29-27-40)47-30-31-63-56(37-47)50-35-48(43-18-11-8-12-19-43)34-49(36-50)51-24-17-25-57-59(51)64-61(54-33-41(2)32-42(3)60(54)66-7)65(57)58-39-52(45-20-13-9-14-21-45)55(62(4,5)6)38-53(58)46-22-15-10-16-23-46/h8-39H,1-7H3. The molecule has 322 valence electrons. The lowest BCUT2D eigenvalue weighted by Gasteiger charge is -2.27. The Morgan fingerprint density at radius 2 is 1.08 bits per heavy atom. The van der Waals surface area contributed by atoms with Gasteiger partial charge in [0.2, 0.25) is 0 Å². The first-order valence-electron chi connectivity index (χ1n) is 22.8. The number of nitrogens with zero attached hydrogens (tertiary/aromatic N) is 3. The van der Waals surface area contributed by atoms with Gasteiger partial charge in [-0.25, -0.2) is 4.98 Å². The fraction of sp³-hybridized carbons (Fsp3) is 0.129. The quantitative estimate of drug-likeness (QED) is 0.145. The molecule has 0 bridgehead atoms. The third kappa shape index (κ3) is 8.01. The number of ether oxygens (including phenoxy) is 1. The van der Waals surface area contributed by atoms with Crippen molar-refractivity contribution in [3.05, 3.63) is 217 Å². The zero-order valence-electron chi connectivity index (χ0n) is 38.7. The van der Waals surface area contributed by atoms with Crippen molar-refractivity contribution in [3.8, 4) is 89.7 Å². The molecule has 0 amide bonds. The molecule has 4 heteroatoms. The summed E-state index contributed by atoms with van der Waals surface area (Å²) in [5.41, 5.74) is 21.6. The van der Waals surface area contributed by atoms with Gasteiger partial charge >= 0.3 is 0 Å². The Morgan fingerprint density at radius 3 is 1.74 bits per heavy atom. The highest BCUT2D eigenvalue weighted by atomic mass is 16.5. The number of para-hydroxylation sites is 1. The van der Waals surface area contributed by atoms with Gasteiger partial charge in [-0.15, -0.1) is 0 Å². The van der Waals surface area contributed by atoms with E-state index in [2.05, 4.69) is 234 Å². The lowest BCUT2D eigenvalue weighted by Crippen LogP contribution is -2.14. The van der Waals surface area contributed by atoms with E-state index in [1.54, 1.807) is 7.11 Å². The Bertz CT molecular complexity index is 3380. The van der Waals surface area contributed by atoms with Crippen LogP contribution in [0.25, 0.3) is 95.0 Å². The fourth-order valence-corrected chi connectivity index (χ4v) is 9.49. The topological polar surface area (TPSA) is 39.9 Å². The first kappa shape index (κ1) is 42.1. The second-order valence-corrected chi connectivity index (χ2v) is 18.5. The third-order valence-corrected chi connectivity index (χ3v) is 12.7. The minimum Gasteiger partial charge on any atom is -0.496 e. The number of fused-ring (bicyclic) bond motifs is 1. The predicted octanol–water partition coefficient (Wildman–Crippen LogP) is 16.3. The van der Waals surface area contributed by atoms with Crippen LogP contribution in [-0.4, -0.2) is 21.6 Å². The van der Waals surface area contributed by atoms with Crippen LogP contribution in [0.5, 0.6) is 5.75 Å². The molecule has 0 spiro atoms. The summed E-state index contributed by atoms with van der Waals surface area (Å²) in [6.07, 6.45) is 1.92. The Hall–Kier alpha value is -7.82. The van der Waals surface area contributed by atoms with Crippen molar-refractivity contribution in [1.29, 1.82) is 0 Å². The first-order valence-corrected chi connectivity index (χ1v) is 22.8. The van der Waals surface area contributed by atoms with Gasteiger partial charge in [0.25, 0.3) is 0 Å². The molecule has 10 rings (SSSR count). The minimum atomic E-state index is -0.146. The van der Waals surface area contributed by atoms with Crippen molar-refractivity contribution in [1.82, 2.24) is 14.5 Å². The van der Waals surface area contributed by atoms with E-state index in [4.69, 9.17) is 14.7 Å². The number of rotatable bonds is 9. The molecule has 2 heterocycles. The molecular weight excluding hydrogens is 803 g/mol. The monoisotopic (exact) mass is 855 g/mol. The maximum atomic E-state index is 6.28. The number of benzene rings is 8. The summed E-state index contributed by atoms with van der Waals surface area (Å²) in [7, 11) is 1.76. The summed E-state index contributed by atoms with van der Waals surface area (Å²) in [5, 5.41) is 0. The molecule has 0 unspecified atom stereocenters. The number of pyridine rings is 1. The maximum Gasteiger partial charge on any atom is 0.149 e. The molecule has 0 saturated carbocycles. The Kier molecular flexibility index (Phi) is 11.0. The number of methoxy groups -OCH3 is 1. The van der Waals surface area contributed by atoms with Gasteiger partial charge in [0.05, 0.1) is 35.1 Å². The van der Waals surface area contributed by atoms with Crippen LogP contribution in [0.15, 0.2) is 194 Å². The Balaban J connectivity index is 1.29. The SMILES string of the molecule is COc1c(C)cc(C)cc1-c1nc2c(-c3cc(-c4ccccc4)cc(-c4cc(-c5ccc(C)cc5)ccn4)c3)cccc2n1-c1cc(-c2ccccc2)c(C(C)(C)C)cc1-c1ccccc1. The van der Waals surface area contributed by atoms with Crippen LogP contribution in [0.2, 0.25) is 0 Å². The van der Waals surface area contributed by atoms with Crippen LogP contribution in [0.4, 0.5) is 0 Å². The molecule has 0 N–H and O–H groups in total. The van der Waals surface area contributed by atoms with Crippen molar-refractivity contribution in [2.24, 2.45) is 0 Å². The van der Waals surface area contributed by atoms with Crippen molar-refractivity contribution >= 4 is 11.0 Å². The van der Waals surface area contributed by atoms with E-state index in [1.165, 1.54) is 22.3 Å². The maximum absolute atomic E-state index is 6.28. The van der Waals surface area contributed by atoms with Crippen molar-refractivity contribution in [3.63, 3.8) is 0 Å². The zero-order valence-corrected chi connectivity index (χ0v) is 38.7. The minimum absolute atomic E-state index is 0.146. The predicted molar refractivity (Wildman–Crippen MR) is 276 cm³/mol. The van der Waals surface area contributed by atoms with E-state index in [9.17, 15) is 0 Å². The molecule has 0 radical (unpaired) electrons.